The highest BCUT2D eigenvalue weighted by atomic mass is 32.1. The Balaban J connectivity index is 1.51. The molecule has 120 valence electrons. The maximum absolute atomic E-state index is 12.5. The van der Waals surface area contributed by atoms with Crippen molar-refractivity contribution in [3.05, 3.63) is 69.5 Å². The molecule has 1 aromatic carbocycles. The van der Waals surface area contributed by atoms with Crippen LogP contribution >= 0.6 is 11.3 Å². The minimum atomic E-state index is -0.188. The number of thiophene rings is 1. The molecule has 2 amide bonds. The van der Waals surface area contributed by atoms with Crippen molar-refractivity contribution in [1.82, 2.24) is 15.1 Å². The maximum atomic E-state index is 12.5. The van der Waals surface area contributed by atoms with Gasteiger partial charge in [-0.1, -0.05) is 24.3 Å². The lowest BCUT2D eigenvalue weighted by molar-refractivity contribution is 0.0749. The number of aromatic nitrogens is 2. The van der Waals surface area contributed by atoms with Crippen LogP contribution in [-0.2, 0) is 13.1 Å². The molecule has 0 unspecified atom stereocenters. The molecule has 3 aromatic rings. The highest BCUT2D eigenvalue weighted by Crippen LogP contribution is 2.28. The van der Waals surface area contributed by atoms with Gasteiger partial charge in [-0.05, 0) is 23.6 Å². The van der Waals surface area contributed by atoms with Gasteiger partial charge in [0.05, 0.1) is 23.7 Å². The quantitative estimate of drug-likeness (QED) is 0.771. The highest BCUT2D eigenvalue weighted by molar-refractivity contribution is 7.12. The van der Waals surface area contributed by atoms with Crippen LogP contribution in [0.15, 0.2) is 47.8 Å². The van der Waals surface area contributed by atoms with Gasteiger partial charge in [-0.25, -0.2) is 0 Å². The second-order valence-electron chi connectivity index (χ2n) is 5.49. The number of hydrogen-bond acceptors (Lipinski definition) is 4. The first kappa shape index (κ1) is 14.6. The lowest BCUT2D eigenvalue weighted by Gasteiger charge is -2.15. The van der Waals surface area contributed by atoms with E-state index in [2.05, 4.69) is 15.5 Å². The number of aromatic amines is 1. The summed E-state index contributed by atoms with van der Waals surface area (Å²) in [7, 11) is 0. The summed E-state index contributed by atoms with van der Waals surface area (Å²) in [6, 6.07) is 12.8. The third-order valence-corrected chi connectivity index (χ3v) is 4.80. The van der Waals surface area contributed by atoms with Crippen molar-refractivity contribution in [2.45, 2.75) is 13.1 Å². The Hall–Kier alpha value is -2.93. The summed E-state index contributed by atoms with van der Waals surface area (Å²) in [4.78, 5) is 27.1. The summed E-state index contributed by atoms with van der Waals surface area (Å²) >= 11 is 1.37. The first-order valence-electron chi connectivity index (χ1n) is 7.47. The Bertz CT molecular complexity index is 887. The zero-order valence-corrected chi connectivity index (χ0v) is 13.5. The van der Waals surface area contributed by atoms with Crippen molar-refractivity contribution < 1.29 is 9.59 Å². The molecule has 1 aliphatic rings. The van der Waals surface area contributed by atoms with E-state index in [1.54, 1.807) is 23.1 Å². The van der Waals surface area contributed by atoms with Gasteiger partial charge in [0.2, 0.25) is 0 Å². The first-order valence-corrected chi connectivity index (χ1v) is 8.35. The third-order valence-electron chi connectivity index (χ3n) is 3.94. The molecule has 2 N–H and O–H groups in total. The van der Waals surface area contributed by atoms with Crippen LogP contribution in [0.25, 0.3) is 0 Å². The number of anilines is 1. The van der Waals surface area contributed by atoms with Crippen LogP contribution in [-0.4, -0.2) is 26.9 Å². The zero-order valence-electron chi connectivity index (χ0n) is 12.7. The van der Waals surface area contributed by atoms with E-state index < -0.39 is 0 Å². The van der Waals surface area contributed by atoms with Gasteiger partial charge in [0.1, 0.15) is 0 Å². The van der Waals surface area contributed by atoms with Crippen molar-refractivity contribution in [3.8, 4) is 0 Å². The van der Waals surface area contributed by atoms with Crippen LogP contribution in [0.5, 0.6) is 0 Å². The van der Waals surface area contributed by atoms with Crippen molar-refractivity contribution in [2.75, 3.05) is 5.32 Å². The molecule has 1 aliphatic heterocycles. The number of carbonyl (C=O) groups is 2. The monoisotopic (exact) mass is 338 g/mol. The number of nitrogens with zero attached hydrogens (tertiary/aromatic N) is 2. The van der Waals surface area contributed by atoms with Gasteiger partial charge in [-0.15, -0.1) is 11.3 Å². The van der Waals surface area contributed by atoms with Crippen LogP contribution in [0.2, 0.25) is 0 Å². The van der Waals surface area contributed by atoms with Gasteiger partial charge in [0, 0.05) is 11.1 Å². The highest BCUT2D eigenvalue weighted by Gasteiger charge is 2.29. The largest absolute Gasteiger partial charge is 0.328 e. The van der Waals surface area contributed by atoms with Gasteiger partial charge < -0.3 is 10.2 Å². The van der Waals surface area contributed by atoms with Crippen molar-refractivity contribution >= 4 is 29.0 Å². The molecule has 0 saturated heterocycles. The van der Waals surface area contributed by atoms with Crippen molar-refractivity contribution in [2.24, 2.45) is 0 Å². The van der Waals surface area contributed by atoms with Gasteiger partial charge in [-0.2, -0.15) is 5.10 Å². The van der Waals surface area contributed by atoms with E-state index in [0.717, 1.165) is 11.3 Å². The molecule has 0 saturated carbocycles. The fourth-order valence-electron chi connectivity index (χ4n) is 2.73. The van der Waals surface area contributed by atoms with E-state index in [-0.39, 0.29) is 11.8 Å². The van der Waals surface area contributed by atoms with Crippen LogP contribution in [0.1, 0.15) is 31.3 Å². The molecule has 0 bridgehead atoms. The molecular formula is C17H14N4O2S. The summed E-state index contributed by atoms with van der Waals surface area (Å²) < 4.78 is 0. The lowest BCUT2D eigenvalue weighted by atomic mass is 10.2. The topological polar surface area (TPSA) is 78.1 Å². The van der Waals surface area contributed by atoms with Crippen molar-refractivity contribution in [1.29, 1.82) is 0 Å². The van der Waals surface area contributed by atoms with Crippen molar-refractivity contribution in [3.63, 3.8) is 0 Å². The van der Waals surface area contributed by atoms with E-state index in [4.69, 9.17) is 0 Å². The predicted octanol–water partition coefficient (Wildman–Crippen LogP) is 2.88. The normalized spacial score (nSPS) is 12.9. The summed E-state index contributed by atoms with van der Waals surface area (Å²) in [6.07, 6.45) is 0. The lowest BCUT2D eigenvalue weighted by Crippen LogP contribution is -2.26. The maximum Gasteiger partial charge on any atom is 0.266 e. The summed E-state index contributed by atoms with van der Waals surface area (Å²) in [5.41, 5.74) is 2.38. The predicted molar refractivity (Wildman–Crippen MR) is 90.9 cm³/mol. The number of amides is 2. The molecule has 0 radical (unpaired) electrons. The minimum Gasteiger partial charge on any atom is -0.328 e. The summed E-state index contributed by atoms with van der Waals surface area (Å²) in [6.45, 7) is 0.893. The Morgan fingerprint density at radius 3 is 2.71 bits per heavy atom. The van der Waals surface area contributed by atoms with E-state index in [1.807, 2.05) is 29.6 Å². The number of benzene rings is 1. The minimum absolute atomic E-state index is 0.0317. The second kappa shape index (κ2) is 5.93. The molecule has 2 aromatic heterocycles. The number of rotatable bonds is 3. The van der Waals surface area contributed by atoms with Gasteiger partial charge in [-0.3, -0.25) is 14.7 Å². The molecule has 0 aliphatic carbocycles. The molecule has 0 fully saturated rings. The molecular weight excluding hydrogens is 324 g/mol. The zero-order chi connectivity index (χ0) is 16.5. The Morgan fingerprint density at radius 1 is 1.12 bits per heavy atom. The molecule has 3 heterocycles. The number of nitrogens with one attached hydrogen (secondary N) is 2. The van der Waals surface area contributed by atoms with Crippen LogP contribution in [0, 0.1) is 0 Å². The number of H-pyrrole nitrogens is 1. The van der Waals surface area contributed by atoms with Gasteiger partial charge in [0.15, 0.2) is 5.82 Å². The van der Waals surface area contributed by atoms with Gasteiger partial charge >= 0.3 is 0 Å². The summed E-state index contributed by atoms with van der Waals surface area (Å²) in [5.74, 6) is 0.273. The first-order chi connectivity index (χ1) is 11.7. The number of fused-ring (bicyclic) bond motifs is 1. The molecule has 6 nitrogen and oxygen atoms in total. The van der Waals surface area contributed by atoms with Gasteiger partial charge in [0.25, 0.3) is 11.8 Å². The van der Waals surface area contributed by atoms with Crippen LogP contribution in [0.4, 0.5) is 5.82 Å². The molecule has 24 heavy (non-hydrogen) atoms. The van der Waals surface area contributed by atoms with E-state index in [1.165, 1.54) is 11.3 Å². The average molecular weight is 338 g/mol. The van der Waals surface area contributed by atoms with E-state index in [0.29, 0.717) is 29.3 Å². The average Bonchev–Trinajstić information content (AvgIpc) is 3.33. The van der Waals surface area contributed by atoms with Crippen LogP contribution < -0.4 is 5.32 Å². The van der Waals surface area contributed by atoms with E-state index >= 15 is 0 Å². The second-order valence-corrected chi connectivity index (χ2v) is 6.44. The molecule has 4 rings (SSSR count). The number of carbonyl (C=O) groups excluding carboxylic acids is 2. The standard InChI is InChI=1S/C17H14N4O2S/c22-16(14-7-4-8-24-14)18-15-12-9-21(10-13(12)19-20-15)17(23)11-5-2-1-3-6-11/h1-8H,9-10H2,(H2,18,19,20,22). The Morgan fingerprint density at radius 2 is 1.96 bits per heavy atom. The Labute approximate surface area is 142 Å². The smallest absolute Gasteiger partial charge is 0.266 e. The summed E-state index contributed by atoms with van der Waals surface area (Å²) in [5, 5.41) is 11.7. The van der Waals surface area contributed by atoms with Crippen LogP contribution in [0.3, 0.4) is 0 Å². The SMILES string of the molecule is O=C(Nc1n[nH]c2c1CN(C(=O)c1ccccc1)C2)c1cccs1. The molecule has 7 heteroatoms. The molecule has 0 spiro atoms. The molecule has 0 atom stereocenters. The third kappa shape index (κ3) is 2.59. The fraction of sp³-hybridized carbons (Fsp3) is 0.118. The number of hydrogen-bond donors (Lipinski definition) is 2. The Kier molecular flexibility index (Phi) is 3.62. The fourth-order valence-corrected chi connectivity index (χ4v) is 3.35. The van der Waals surface area contributed by atoms with E-state index in [9.17, 15) is 9.59 Å².